The van der Waals surface area contributed by atoms with Crippen LogP contribution in [0.5, 0.6) is 0 Å². The summed E-state index contributed by atoms with van der Waals surface area (Å²) in [4.78, 5) is 26.9. The standard InChI is InChI=1S/C20H22N2O2/c1-15(21-19(23)17-11-6-3-7-12-17)20(24)22-14-8-13-18(22)16-9-4-2-5-10-16/h2-7,9-12,15,18H,8,13-14H2,1H3,(H,21,23)/t15-,18-/m0/s1. The smallest absolute Gasteiger partial charge is 0.251 e. The number of nitrogens with zero attached hydrogens (tertiary/aromatic N) is 1. The SMILES string of the molecule is C[C@H](NC(=O)c1ccccc1)C(=O)N1CCC[C@H]1c1ccccc1. The van der Waals surface area contributed by atoms with Gasteiger partial charge in [-0.05, 0) is 37.5 Å². The third-order valence-electron chi connectivity index (χ3n) is 4.47. The van der Waals surface area contributed by atoms with Crippen molar-refractivity contribution in [1.82, 2.24) is 10.2 Å². The van der Waals surface area contributed by atoms with Crippen molar-refractivity contribution in [3.8, 4) is 0 Å². The summed E-state index contributed by atoms with van der Waals surface area (Å²) in [5.74, 6) is -0.238. The van der Waals surface area contributed by atoms with E-state index in [4.69, 9.17) is 0 Å². The number of amides is 2. The Morgan fingerprint density at radius 1 is 1.04 bits per heavy atom. The monoisotopic (exact) mass is 322 g/mol. The maximum absolute atomic E-state index is 12.8. The van der Waals surface area contributed by atoms with Crippen LogP contribution in [0.3, 0.4) is 0 Å². The van der Waals surface area contributed by atoms with E-state index in [0.717, 1.165) is 24.9 Å². The van der Waals surface area contributed by atoms with Crippen molar-refractivity contribution in [2.45, 2.75) is 31.8 Å². The second-order valence-electron chi connectivity index (χ2n) is 6.16. The van der Waals surface area contributed by atoms with Crippen LogP contribution in [0.25, 0.3) is 0 Å². The summed E-state index contributed by atoms with van der Waals surface area (Å²) in [6.07, 6.45) is 1.96. The van der Waals surface area contributed by atoms with Crippen molar-refractivity contribution in [2.75, 3.05) is 6.54 Å². The Bertz CT molecular complexity index is 700. The fourth-order valence-electron chi connectivity index (χ4n) is 3.23. The summed E-state index contributed by atoms with van der Waals surface area (Å²) >= 11 is 0. The first kappa shape index (κ1) is 16.2. The van der Waals surface area contributed by atoms with Crippen LogP contribution in [-0.2, 0) is 4.79 Å². The summed E-state index contributed by atoms with van der Waals surface area (Å²) in [7, 11) is 0. The van der Waals surface area contributed by atoms with Gasteiger partial charge >= 0.3 is 0 Å². The molecule has 1 saturated heterocycles. The van der Waals surface area contributed by atoms with Gasteiger partial charge in [-0.1, -0.05) is 48.5 Å². The van der Waals surface area contributed by atoms with E-state index in [1.54, 1.807) is 19.1 Å². The average Bonchev–Trinajstić information content (AvgIpc) is 3.12. The summed E-state index contributed by atoms with van der Waals surface area (Å²) in [6.45, 7) is 2.49. The first-order valence-electron chi connectivity index (χ1n) is 8.38. The van der Waals surface area contributed by atoms with Crippen molar-refractivity contribution < 1.29 is 9.59 Å². The molecule has 124 valence electrons. The molecule has 24 heavy (non-hydrogen) atoms. The molecule has 4 nitrogen and oxygen atoms in total. The Balaban J connectivity index is 1.68. The zero-order chi connectivity index (χ0) is 16.9. The molecule has 1 heterocycles. The first-order chi connectivity index (χ1) is 11.7. The van der Waals surface area contributed by atoms with Crippen LogP contribution in [0.1, 0.15) is 41.7 Å². The number of benzene rings is 2. The zero-order valence-electron chi connectivity index (χ0n) is 13.8. The number of rotatable bonds is 4. The van der Waals surface area contributed by atoms with Gasteiger partial charge in [0.2, 0.25) is 5.91 Å². The number of nitrogens with one attached hydrogen (secondary N) is 1. The molecule has 2 aromatic carbocycles. The van der Waals surface area contributed by atoms with Crippen LogP contribution in [0.2, 0.25) is 0 Å². The Morgan fingerprint density at radius 3 is 2.33 bits per heavy atom. The largest absolute Gasteiger partial charge is 0.341 e. The summed E-state index contributed by atoms with van der Waals surface area (Å²) in [5, 5.41) is 2.81. The Kier molecular flexibility index (Phi) is 4.94. The van der Waals surface area contributed by atoms with Crippen molar-refractivity contribution >= 4 is 11.8 Å². The molecule has 0 radical (unpaired) electrons. The molecule has 2 atom stereocenters. The molecule has 0 saturated carbocycles. The van der Waals surface area contributed by atoms with Gasteiger partial charge in [-0.15, -0.1) is 0 Å². The van der Waals surface area contributed by atoms with Crippen LogP contribution < -0.4 is 5.32 Å². The number of carbonyl (C=O) groups is 2. The van der Waals surface area contributed by atoms with E-state index in [-0.39, 0.29) is 17.9 Å². The van der Waals surface area contributed by atoms with E-state index in [1.165, 1.54) is 0 Å². The molecule has 0 aliphatic carbocycles. The van der Waals surface area contributed by atoms with Gasteiger partial charge in [-0.25, -0.2) is 0 Å². The van der Waals surface area contributed by atoms with E-state index in [0.29, 0.717) is 5.56 Å². The van der Waals surface area contributed by atoms with Crippen LogP contribution in [0.4, 0.5) is 0 Å². The highest BCUT2D eigenvalue weighted by molar-refractivity contribution is 5.97. The lowest BCUT2D eigenvalue weighted by molar-refractivity contribution is -0.133. The number of hydrogen-bond acceptors (Lipinski definition) is 2. The molecule has 3 rings (SSSR count). The van der Waals surface area contributed by atoms with Crippen LogP contribution >= 0.6 is 0 Å². The minimum atomic E-state index is -0.540. The van der Waals surface area contributed by atoms with Gasteiger partial charge in [0.15, 0.2) is 0 Å². The topological polar surface area (TPSA) is 49.4 Å². The average molecular weight is 322 g/mol. The van der Waals surface area contributed by atoms with Gasteiger partial charge in [-0.2, -0.15) is 0 Å². The lowest BCUT2D eigenvalue weighted by atomic mass is 10.0. The quantitative estimate of drug-likeness (QED) is 0.940. The normalized spacial score (nSPS) is 18.2. The molecule has 0 bridgehead atoms. The molecule has 1 N–H and O–H groups in total. The molecule has 2 aromatic rings. The molecule has 1 aliphatic heterocycles. The van der Waals surface area contributed by atoms with Crippen LogP contribution in [0.15, 0.2) is 60.7 Å². The molecule has 0 spiro atoms. The number of likely N-dealkylation sites (tertiary alicyclic amines) is 1. The second kappa shape index (κ2) is 7.30. The predicted octanol–water partition coefficient (Wildman–Crippen LogP) is 3.17. The number of carbonyl (C=O) groups excluding carboxylic acids is 2. The molecule has 0 unspecified atom stereocenters. The van der Waals surface area contributed by atoms with Gasteiger partial charge in [0.1, 0.15) is 6.04 Å². The van der Waals surface area contributed by atoms with Gasteiger partial charge in [0.05, 0.1) is 6.04 Å². The van der Waals surface area contributed by atoms with Crippen LogP contribution in [0, 0.1) is 0 Å². The molecular formula is C20H22N2O2. The predicted molar refractivity (Wildman–Crippen MR) is 93.5 cm³/mol. The minimum Gasteiger partial charge on any atom is -0.341 e. The van der Waals surface area contributed by atoms with E-state index in [1.807, 2.05) is 41.3 Å². The molecule has 1 fully saturated rings. The third kappa shape index (κ3) is 3.48. The summed E-state index contributed by atoms with van der Waals surface area (Å²) in [5.41, 5.74) is 1.73. The van der Waals surface area contributed by atoms with E-state index in [9.17, 15) is 9.59 Å². The minimum absolute atomic E-state index is 0.0226. The van der Waals surface area contributed by atoms with E-state index < -0.39 is 6.04 Å². The third-order valence-corrected chi connectivity index (χ3v) is 4.47. The maximum atomic E-state index is 12.8. The Hall–Kier alpha value is -2.62. The Morgan fingerprint density at radius 2 is 1.67 bits per heavy atom. The van der Waals surface area contributed by atoms with Crippen molar-refractivity contribution in [2.24, 2.45) is 0 Å². The lowest BCUT2D eigenvalue weighted by Gasteiger charge is -2.28. The van der Waals surface area contributed by atoms with Gasteiger partial charge in [0.25, 0.3) is 5.91 Å². The molecule has 4 heteroatoms. The number of hydrogen-bond donors (Lipinski definition) is 1. The van der Waals surface area contributed by atoms with Crippen molar-refractivity contribution in [3.63, 3.8) is 0 Å². The fourth-order valence-corrected chi connectivity index (χ4v) is 3.23. The second-order valence-corrected chi connectivity index (χ2v) is 6.16. The highest BCUT2D eigenvalue weighted by Gasteiger charge is 2.32. The zero-order valence-corrected chi connectivity index (χ0v) is 13.8. The molecule has 1 aliphatic rings. The molecule has 0 aromatic heterocycles. The fraction of sp³-hybridized carbons (Fsp3) is 0.300. The van der Waals surface area contributed by atoms with Crippen LogP contribution in [-0.4, -0.2) is 29.3 Å². The summed E-state index contributed by atoms with van der Waals surface area (Å²) < 4.78 is 0. The highest BCUT2D eigenvalue weighted by atomic mass is 16.2. The summed E-state index contributed by atoms with van der Waals surface area (Å²) in [6, 6.07) is 18.6. The lowest BCUT2D eigenvalue weighted by Crippen LogP contribution is -2.46. The Labute approximate surface area is 142 Å². The van der Waals surface area contributed by atoms with Crippen molar-refractivity contribution in [3.05, 3.63) is 71.8 Å². The van der Waals surface area contributed by atoms with Gasteiger partial charge in [0, 0.05) is 12.1 Å². The highest BCUT2D eigenvalue weighted by Crippen LogP contribution is 2.32. The van der Waals surface area contributed by atoms with Gasteiger partial charge in [-0.3, -0.25) is 9.59 Å². The maximum Gasteiger partial charge on any atom is 0.251 e. The first-order valence-corrected chi connectivity index (χ1v) is 8.38. The van der Waals surface area contributed by atoms with E-state index >= 15 is 0 Å². The van der Waals surface area contributed by atoms with Gasteiger partial charge < -0.3 is 10.2 Å². The molecule has 2 amide bonds. The molecular weight excluding hydrogens is 300 g/mol. The van der Waals surface area contributed by atoms with Crippen molar-refractivity contribution in [1.29, 1.82) is 0 Å². The van der Waals surface area contributed by atoms with E-state index in [2.05, 4.69) is 17.4 Å².